The van der Waals surface area contributed by atoms with E-state index in [4.69, 9.17) is 10.00 Å². The molecule has 0 aromatic heterocycles. The first-order chi connectivity index (χ1) is 6.76. The van der Waals surface area contributed by atoms with Crippen LogP contribution in [0.3, 0.4) is 0 Å². The Morgan fingerprint density at radius 2 is 2.29 bits per heavy atom. The predicted molar refractivity (Wildman–Crippen MR) is 56.1 cm³/mol. The first-order valence-electron chi connectivity index (χ1n) is 4.88. The van der Waals surface area contributed by atoms with E-state index in [-0.39, 0.29) is 6.10 Å². The van der Waals surface area contributed by atoms with Crippen LogP contribution in [0.4, 0.5) is 0 Å². The van der Waals surface area contributed by atoms with Crippen molar-refractivity contribution in [1.29, 1.82) is 5.26 Å². The minimum atomic E-state index is -0.0351. The van der Waals surface area contributed by atoms with Crippen molar-refractivity contribution in [3.8, 4) is 11.8 Å². The Bertz CT molecular complexity index is 327. The lowest BCUT2D eigenvalue weighted by Gasteiger charge is -2.11. The van der Waals surface area contributed by atoms with E-state index in [1.165, 1.54) is 5.56 Å². The van der Waals surface area contributed by atoms with Gasteiger partial charge in [-0.25, -0.2) is 0 Å². The van der Waals surface area contributed by atoms with Gasteiger partial charge in [0.1, 0.15) is 11.9 Å². The van der Waals surface area contributed by atoms with Crippen LogP contribution in [0.2, 0.25) is 0 Å². The van der Waals surface area contributed by atoms with Crippen molar-refractivity contribution in [2.24, 2.45) is 0 Å². The first-order valence-corrected chi connectivity index (χ1v) is 4.88. The molecule has 0 heterocycles. The van der Waals surface area contributed by atoms with Gasteiger partial charge in [-0.1, -0.05) is 19.1 Å². The van der Waals surface area contributed by atoms with E-state index >= 15 is 0 Å². The topological polar surface area (TPSA) is 33.0 Å². The second-order valence-corrected chi connectivity index (χ2v) is 3.29. The van der Waals surface area contributed by atoms with Crippen molar-refractivity contribution in [2.75, 3.05) is 0 Å². The van der Waals surface area contributed by atoms with Gasteiger partial charge in [-0.3, -0.25) is 0 Å². The quantitative estimate of drug-likeness (QED) is 0.729. The molecule has 0 aliphatic carbocycles. The van der Waals surface area contributed by atoms with Gasteiger partial charge in [0.05, 0.1) is 12.5 Å². The van der Waals surface area contributed by atoms with Gasteiger partial charge in [-0.05, 0) is 31.0 Å². The smallest absolute Gasteiger partial charge is 0.120 e. The minimum Gasteiger partial charge on any atom is -0.490 e. The zero-order valence-electron chi connectivity index (χ0n) is 8.66. The number of rotatable bonds is 4. The maximum atomic E-state index is 8.49. The molecule has 0 N–H and O–H groups in total. The number of aryl methyl sites for hydroxylation is 1. The zero-order chi connectivity index (χ0) is 10.4. The van der Waals surface area contributed by atoms with Crippen LogP contribution in [-0.4, -0.2) is 6.10 Å². The molecular formula is C12H15NO. The zero-order valence-corrected chi connectivity index (χ0v) is 8.66. The molecule has 0 bridgehead atoms. The normalized spacial score (nSPS) is 11.8. The molecule has 1 unspecified atom stereocenters. The van der Waals surface area contributed by atoms with Gasteiger partial charge in [0.2, 0.25) is 0 Å². The highest BCUT2D eigenvalue weighted by Gasteiger charge is 2.02. The van der Waals surface area contributed by atoms with E-state index < -0.39 is 0 Å². The molecule has 0 aliphatic heterocycles. The number of ether oxygens (including phenoxy) is 1. The monoisotopic (exact) mass is 189 g/mol. The molecule has 0 radical (unpaired) electrons. The van der Waals surface area contributed by atoms with Crippen molar-refractivity contribution in [3.63, 3.8) is 0 Å². The summed E-state index contributed by atoms with van der Waals surface area (Å²) in [6.45, 7) is 4.01. The molecule has 0 saturated heterocycles. The Balaban J connectivity index is 2.63. The van der Waals surface area contributed by atoms with Gasteiger partial charge in [0.15, 0.2) is 0 Å². The fourth-order valence-corrected chi connectivity index (χ4v) is 1.24. The summed E-state index contributed by atoms with van der Waals surface area (Å²) in [6, 6.07) is 10.1. The molecule has 0 fully saturated rings. The molecule has 0 saturated carbocycles. The molecule has 1 aromatic rings. The maximum Gasteiger partial charge on any atom is 0.120 e. The van der Waals surface area contributed by atoms with Crippen molar-refractivity contribution < 1.29 is 4.74 Å². The molecule has 74 valence electrons. The molecule has 14 heavy (non-hydrogen) atoms. The first kappa shape index (κ1) is 10.6. The van der Waals surface area contributed by atoms with Crippen LogP contribution in [0, 0.1) is 11.3 Å². The summed E-state index contributed by atoms with van der Waals surface area (Å²) in [5.41, 5.74) is 1.26. The van der Waals surface area contributed by atoms with Crippen LogP contribution in [-0.2, 0) is 6.42 Å². The summed E-state index contributed by atoms with van der Waals surface area (Å²) in [7, 11) is 0. The fourth-order valence-electron chi connectivity index (χ4n) is 1.24. The highest BCUT2D eigenvalue weighted by Crippen LogP contribution is 2.15. The molecular weight excluding hydrogens is 174 g/mol. The summed E-state index contributed by atoms with van der Waals surface area (Å²) >= 11 is 0. The second kappa shape index (κ2) is 5.29. The van der Waals surface area contributed by atoms with Gasteiger partial charge in [0.25, 0.3) is 0 Å². The van der Waals surface area contributed by atoms with Crippen LogP contribution >= 0.6 is 0 Å². The van der Waals surface area contributed by atoms with Gasteiger partial charge in [-0.2, -0.15) is 5.26 Å². The number of nitrogens with zero attached hydrogens (tertiary/aromatic N) is 1. The number of benzene rings is 1. The van der Waals surface area contributed by atoms with Gasteiger partial charge >= 0.3 is 0 Å². The Hall–Kier alpha value is -1.49. The van der Waals surface area contributed by atoms with Gasteiger partial charge < -0.3 is 4.74 Å². The standard InChI is InChI=1S/C12H15NO/c1-3-11-5-4-6-12(9-11)14-10(2)7-8-13/h4-6,9-10H,3,7H2,1-2H3. The van der Waals surface area contributed by atoms with Crippen LogP contribution in [0.25, 0.3) is 0 Å². The molecule has 2 nitrogen and oxygen atoms in total. The summed E-state index contributed by atoms with van der Waals surface area (Å²) in [4.78, 5) is 0. The lowest BCUT2D eigenvalue weighted by molar-refractivity contribution is 0.227. The Labute approximate surface area is 85.1 Å². The van der Waals surface area contributed by atoms with E-state index in [1.54, 1.807) is 0 Å². The number of hydrogen-bond acceptors (Lipinski definition) is 2. The summed E-state index contributed by atoms with van der Waals surface area (Å²) in [5.74, 6) is 0.854. The Kier molecular flexibility index (Phi) is 4.00. The van der Waals surface area contributed by atoms with E-state index in [0.29, 0.717) is 6.42 Å². The maximum absolute atomic E-state index is 8.49. The Morgan fingerprint density at radius 3 is 2.93 bits per heavy atom. The average Bonchev–Trinajstić information content (AvgIpc) is 2.18. The lowest BCUT2D eigenvalue weighted by Crippen LogP contribution is -2.10. The third kappa shape index (κ3) is 3.10. The van der Waals surface area contributed by atoms with Crippen LogP contribution in [0.5, 0.6) is 5.75 Å². The fraction of sp³-hybridized carbons (Fsp3) is 0.417. The van der Waals surface area contributed by atoms with Crippen LogP contribution in [0.15, 0.2) is 24.3 Å². The highest BCUT2D eigenvalue weighted by atomic mass is 16.5. The van der Waals surface area contributed by atoms with E-state index in [9.17, 15) is 0 Å². The third-order valence-corrected chi connectivity index (χ3v) is 2.02. The number of hydrogen-bond donors (Lipinski definition) is 0. The van der Waals surface area contributed by atoms with E-state index in [2.05, 4.69) is 19.1 Å². The predicted octanol–water partition coefficient (Wildman–Crippen LogP) is 2.93. The summed E-state index contributed by atoms with van der Waals surface area (Å²) in [6.07, 6.45) is 1.40. The van der Waals surface area contributed by atoms with Crippen LogP contribution < -0.4 is 4.74 Å². The van der Waals surface area contributed by atoms with Crippen molar-refractivity contribution in [3.05, 3.63) is 29.8 Å². The van der Waals surface area contributed by atoms with Gasteiger partial charge in [0, 0.05) is 0 Å². The molecule has 0 aliphatic rings. The minimum absolute atomic E-state index is 0.0351. The molecule has 0 amide bonds. The van der Waals surface area contributed by atoms with Crippen LogP contribution in [0.1, 0.15) is 25.8 Å². The molecule has 1 atom stereocenters. The molecule has 2 heteroatoms. The van der Waals surface area contributed by atoms with E-state index in [1.807, 2.05) is 25.1 Å². The van der Waals surface area contributed by atoms with Gasteiger partial charge in [-0.15, -0.1) is 0 Å². The number of nitriles is 1. The largest absolute Gasteiger partial charge is 0.490 e. The van der Waals surface area contributed by atoms with Crippen molar-refractivity contribution in [1.82, 2.24) is 0 Å². The van der Waals surface area contributed by atoms with Crippen molar-refractivity contribution in [2.45, 2.75) is 32.8 Å². The summed E-state index contributed by atoms with van der Waals surface area (Å²) < 4.78 is 5.57. The molecule has 0 spiro atoms. The third-order valence-electron chi connectivity index (χ3n) is 2.02. The SMILES string of the molecule is CCc1cccc(OC(C)CC#N)c1. The summed E-state index contributed by atoms with van der Waals surface area (Å²) in [5, 5.41) is 8.49. The second-order valence-electron chi connectivity index (χ2n) is 3.29. The van der Waals surface area contributed by atoms with E-state index in [0.717, 1.165) is 12.2 Å². The molecule has 1 aromatic carbocycles. The lowest BCUT2D eigenvalue weighted by atomic mass is 10.1. The highest BCUT2D eigenvalue weighted by molar-refractivity contribution is 5.28. The molecule has 1 rings (SSSR count). The average molecular weight is 189 g/mol. The van der Waals surface area contributed by atoms with Crippen molar-refractivity contribution >= 4 is 0 Å². The Morgan fingerprint density at radius 1 is 1.50 bits per heavy atom.